The number of hydrogen-bond acceptors (Lipinski definition) is 4. The third kappa shape index (κ3) is 5.51. The zero-order valence-electron chi connectivity index (χ0n) is 17.6. The maximum absolute atomic E-state index is 12.3. The number of carbonyl (C=O) groups excluding carboxylic acids is 2. The molecule has 3 rings (SSSR count). The highest BCUT2D eigenvalue weighted by Gasteiger charge is 2.29. The van der Waals surface area contributed by atoms with Gasteiger partial charge in [0.1, 0.15) is 6.61 Å². The van der Waals surface area contributed by atoms with Crippen molar-refractivity contribution >= 4 is 18.0 Å². The summed E-state index contributed by atoms with van der Waals surface area (Å²) in [5.74, 6) is -1.35. The van der Waals surface area contributed by atoms with Crippen LogP contribution >= 0.6 is 0 Å². The van der Waals surface area contributed by atoms with Crippen LogP contribution < -0.4 is 10.6 Å². The van der Waals surface area contributed by atoms with Crippen LogP contribution in [-0.2, 0) is 14.3 Å². The minimum absolute atomic E-state index is 0.0268. The van der Waals surface area contributed by atoms with Gasteiger partial charge in [0.15, 0.2) is 0 Å². The van der Waals surface area contributed by atoms with Crippen molar-refractivity contribution < 1.29 is 24.2 Å². The molecule has 0 saturated heterocycles. The Labute approximate surface area is 181 Å². The Morgan fingerprint density at radius 3 is 2.23 bits per heavy atom. The van der Waals surface area contributed by atoms with Crippen LogP contribution in [0.3, 0.4) is 0 Å². The Morgan fingerprint density at radius 1 is 1.06 bits per heavy atom. The number of nitrogens with one attached hydrogen (secondary N) is 2. The van der Waals surface area contributed by atoms with Crippen LogP contribution in [0, 0.1) is 0 Å². The molecule has 0 bridgehead atoms. The van der Waals surface area contributed by atoms with Gasteiger partial charge >= 0.3 is 12.1 Å². The number of benzene rings is 2. The average Bonchev–Trinajstić information content (AvgIpc) is 3.05. The Bertz CT molecular complexity index is 969. The molecule has 2 amide bonds. The Hall–Kier alpha value is -3.61. The second kappa shape index (κ2) is 9.93. The number of carboxylic acids is 1. The maximum atomic E-state index is 12.3. The molecule has 7 nitrogen and oxygen atoms in total. The topological polar surface area (TPSA) is 105 Å². The summed E-state index contributed by atoms with van der Waals surface area (Å²) in [6, 6.07) is 15.8. The van der Waals surface area contributed by atoms with E-state index in [0.29, 0.717) is 0 Å². The van der Waals surface area contributed by atoms with E-state index < -0.39 is 18.1 Å². The molecule has 1 aliphatic carbocycles. The van der Waals surface area contributed by atoms with E-state index >= 15 is 0 Å². The Morgan fingerprint density at radius 2 is 1.65 bits per heavy atom. The van der Waals surface area contributed by atoms with E-state index in [4.69, 9.17) is 9.84 Å². The first-order valence-corrected chi connectivity index (χ1v) is 10.1. The SMILES string of the molecule is C/C(=C\CNC(=O)C[C@@H](C)NC(=O)OCC1c2ccccc2-c2ccccc21)C(=O)O. The molecule has 0 radical (unpaired) electrons. The highest BCUT2D eigenvalue weighted by atomic mass is 16.5. The van der Waals surface area contributed by atoms with E-state index in [1.54, 1.807) is 6.92 Å². The van der Waals surface area contributed by atoms with Crippen LogP contribution in [0.2, 0.25) is 0 Å². The van der Waals surface area contributed by atoms with E-state index in [1.165, 1.54) is 13.0 Å². The summed E-state index contributed by atoms with van der Waals surface area (Å²) in [6.45, 7) is 3.49. The van der Waals surface area contributed by atoms with Gasteiger partial charge < -0.3 is 20.5 Å². The van der Waals surface area contributed by atoms with Gasteiger partial charge in [-0.2, -0.15) is 0 Å². The number of alkyl carbamates (subject to hydrolysis) is 1. The lowest BCUT2D eigenvalue weighted by atomic mass is 9.98. The summed E-state index contributed by atoms with van der Waals surface area (Å²) >= 11 is 0. The molecule has 31 heavy (non-hydrogen) atoms. The molecule has 7 heteroatoms. The number of aliphatic carboxylic acids is 1. The number of fused-ring (bicyclic) bond motifs is 3. The lowest BCUT2D eigenvalue weighted by Crippen LogP contribution is -2.38. The summed E-state index contributed by atoms with van der Waals surface area (Å²) in [4.78, 5) is 34.9. The zero-order valence-corrected chi connectivity index (χ0v) is 17.6. The highest BCUT2D eigenvalue weighted by molar-refractivity contribution is 5.86. The van der Waals surface area contributed by atoms with Gasteiger partial charge in [-0.25, -0.2) is 9.59 Å². The van der Waals surface area contributed by atoms with Crippen LogP contribution in [0.25, 0.3) is 11.1 Å². The predicted molar refractivity (Wildman–Crippen MR) is 117 cm³/mol. The van der Waals surface area contributed by atoms with Gasteiger partial charge in [-0.1, -0.05) is 54.6 Å². The van der Waals surface area contributed by atoms with Gasteiger partial charge in [-0.05, 0) is 36.1 Å². The Kier molecular flexibility index (Phi) is 7.07. The maximum Gasteiger partial charge on any atom is 0.407 e. The van der Waals surface area contributed by atoms with Crippen molar-refractivity contribution in [2.75, 3.05) is 13.2 Å². The lowest BCUT2D eigenvalue weighted by Gasteiger charge is -2.17. The number of carboxylic acid groups (broad SMARTS) is 1. The smallest absolute Gasteiger partial charge is 0.407 e. The van der Waals surface area contributed by atoms with Crippen molar-refractivity contribution in [3.05, 3.63) is 71.3 Å². The van der Waals surface area contributed by atoms with Crippen LogP contribution in [0.4, 0.5) is 4.79 Å². The molecule has 0 aromatic heterocycles. The fourth-order valence-corrected chi connectivity index (χ4v) is 3.65. The van der Waals surface area contributed by atoms with Gasteiger partial charge in [-0.3, -0.25) is 4.79 Å². The third-order valence-corrected chi connectivity index (χ3v) is 5.24. The third-order valence-electron chi connectivity index (χ3n) is 5.24. The number of hydrogen-bond donors (Lipinski definition) is 3. The van der Waals surface area contributed by atoms with Crippen molar-refractivity contribution in [2.45, 2.75) is 32.2 Å². The van der Waals surface area contributed by atoms with Crippen LogP contribution in [0.5, 0.6) is 0 Å². The summed E-state index contributed by atoms with van der Waals surface area (Å²) in [5.41, 5.74) is 4.74. The molecule has 0 spiro atoms. The van der Waals surface area contributed by atoms with E-state index in [0.717, 1.165) is 22.3 Å². The quantitative estimate of drug-likeness (QED) is 0.565. The van der Waals surface area contributed by atoms with Gasteiger partial charge in [0.05, 0.1) is 0 Å². The predicted octanol–water partition coefficient (Wildman–Crippen LogP) is 3.45. The fourth-order valence-electron chi connectivity index (χ4n) is 3.65. The number of ether oxygens (including phenoxy) is 1. The monoisotopic (exact) mass is 422 g/mol. The van der Waals surface area contributed by atoms with E-state index in [2.05, 4.69) is 34.9 Å². The molecule has 0 saturated carbocycles. The second-order valence-corrected chi connectivity index (χ2v) is 7.57. The normalized spacial score (nSPS) is 13.7. The fraction of sp³-hybridized carbons (Fsp3) is 0.292. The molecule has 0 fully saturated rings. The lowest BCUT2D eigenvalue weighted by molar-refractivity contribution is -0.132. The van der Waals surface area contributed by atoms with Crippen molar-refractivity contribution in [2.24, 2.45) is 0 Å². The van der Waals surface area contributed by atoms with Gasteiger partial charge in [0.2, 0.25) is 5.91 Å². The van der Waals surface area contributed by atoms with Gasteiger partial charge in [-0.15, -0.1) is 0 Å². The summed E-state index contributed by atoms with van der Waals surface area (Å²) in [7, 11) is 0. The first-order chi connectivity index (χ1) is 14.9. The van der Waals surface area contributed by atoms with E-state index in [-0.39, 0.29) is 37.0 Å². The number of carbonyl (C=O) groups is 3. The zero-order chi connectivity index (χ0) is 22.4. The van der Waals surface area contributed by atoms with Crippen LogP contribution in [0.1, 0.15) is 37.3 Å². The van der Waals surface area contributed by atoms with Crippen LogP contribution in [-0.4, -0.2) is 42.3 Å². The first kappa shape index (κ1) is 22.1. The highest BCUT2D eigenvalue weighted by Crippen LogP contribution is 2.44. The van der Waals surface area contributed by atoms with E-state index in [1.807, 2.05) is 24.3 Å². The number of rotatable bonds is 8. The molecular formula is C24H26N2O5. The molecule has 0 heterocycles. The molecule has 162 valence electrons. The second-order valence-electron chi connectivity index (χ2n) is 7.57. The molecule has 0 aliphatic heterocycles. The van der Waals surface area contributed by atoms with Crippen molar-refractivity contribution in [1.29, 1.82) is 0 Å². The minimum Gasteiger partial charge on any atom is -0.478 e. The van der Waals surface area contributed by atoms with Gasteiger partial charge in [0.25, 0.3) is 0 Å². The average molecular weight is 422 g/mol. The van der Waals surface area contributed by atoms with Crippen molar-refractivity contribution in [3.63, 3.8) is 0 Å². The van der Waals surface area contributed by atoms with Gasteiger partial charge in [0, 0.05) is 30.5 Å². The molecule has 2 aromatic carbocycles. The van der Waals surface area contributed by atoms with Crippen molar-refractivity contribution in [1.82, 2.24) is 10.6 Å². The summed E-state index contributed by atoms with van der Waals surface area (Å²) in [6.07, 6.45) is 0.900. The molecular weight excluding hydrogens is 396 g/mol. The van der Waals surface area contributed by atoms with Crippen molar-refractivity contribution in [3.8, 4) is 11.1 Å². The largest absolute Gasteiger partial charge is 0.478 e. The molecule has 2 aromatic rings. The minimum atomic E-state index is -1.03. The Balaban J connectivity index is 1.49. The molecule has 1 atom stereocenters. The van der Waals surface area contributed by atoms with E-state index in [9.17, 15) is 14.4 Å². The number of amides is 2. The molecule has 1 aliphatic rings. The summed E-state index contributed by atoms with van der Waals surface area (Å²) < 4.78 is 5.47. The standard InChI is InChI=1S/C24H26N2O5/c1-15(23(28)29)11-12-25-22(27)13-16(2)26-24(30)31-14-21-19-9-5-3-7-17(19)18-8-4-6-10-20(18)21/h3-11,16,21H,12-14H2,1-2H3,(H,25,27)(H,26,30)(H,28,29)/b15-11+/t16-/m1/s1. The van der Waals surface area contributed by atoms with Crippen LogP contribution in [0.15, 0.2) is 60.2 Å². The molecule has 0 unspecified atom stereocenters. The molecule has 3 N–H and O–H groups in total. The first-order valence-electron chi connectivity index (χ1n) is 10.1. The summed E-state index contributed by atoms with van der Waals surface area (Å²) in [5, 5.41) is 14.1.